The van der Waals surface area contributed by atoms with Gasteiger partial charge in [0.25, 0.3) is 15.7 Å². The first-order chi connectivity index (χ1) is 14.1. The third kappa shape index (κ3) is 4.59. The number of halogens is 1. The highest BCUT2D eigenvalue weighted by molar-refractivity contribution is 9.11. The summed E-state index contributed by atoms with van der Waals surface area (Å²) in [7, 11) is -4.49. The van der Waals surface area contributed by atoms with Crippen molar-refractivity contribution in [1.82, 2.24) is 4.31 Å². The Morgan fingerprint density at radius 3 is 2.63 bits per heavy atom. The molecule has 160 valence electrons. The first-order valence-corrected chi connectivity index (χ1v) is 11.5. The molecule has 0 radical (unpaired) electrons. The van der Waals surface area contributed by atoms with E-state index >= 15 is 0 Å². The Balaban J connectivity index is 1.80. The van der Waals surface area contributed by atoms with Gasteiger partial charge < -0.3 is 9.84 Å². The lowest BCUT2D eigenvalue weighted by Crippen LogP contribution is -2.42. The molecule has 13 heteroatoms. The molecule has 0 aliphatic carbocycles. The number of esters is 1. The predicted octanol–water partition coefficient (Wildman–Crippen LogP) is 1.97. The molecule has 10 nitrogen and oxygen atoms in total. The van der Waals surface area contributed by atoms with Crippen LogP contribution in [-0.4, -0.2) is 59.8 Å². The maximum atomic E-state index is 13.0. The van der Waals surface area contributed by atoms with Gasteiger partial charge in [-0.25, -0.2) is 8.42 Å². The third-order valence-electron chi connectivity index (χ3n) is 4.35. The molecule has 1 fully saturated rings. The summed E-state index contributed by atoms with van der Waals surface area (Å²) >= 11 is 4.37. The lowest BCUT2D eigenvalue weighted by Gasteiger charge is -2.22. The van der Waals surface area contributed by atoms with E-state index in [0.717, 1.165) is 27.3 Å². The molecule has 1 saturated heterocycles. The van der Waals surface area contributed by atoms with Crippen molar-refractivity contribution in [2.24, 2.45) is 0 Å². The summed E-state index contributed by atoms with van der Waals surface area (Å²) < 4.78 is 32.4. The summed E-state index contributed by atoms with van der Waals surface area (Å²) in [5.41, 5.74) is -0.649. The van der Waals surface area contributed by atoms with Crippen molar-refractivity contribution in [3.8, 4) is 0 Å². The van der Waals surface area contributed by atoms with Gasteiger partial charge >= 0.3 is 5.97 Å². The van der Waals surface area contributed by atoms with Crippen LogP contribution in [0.4, 0.5) is 5.69 Å². The van der Waals surface area contributed by atoms with Crippen LogP contribution in [0.1, 0.15) is 16.1 Å². The molecule has 0 spiro atoms. The van der Waals surface area contributed by atoms with Gasteiger partial charge in [-0.05, 0) is 34.1 Å². The fraction of sp³-hybridized carbons (Fsp3) is 0.294. The number of ether oxygens (including phenoxy) is 1. The first-order valence-electron chi connectivity index (χ1n) is 8.49. The van der Waals surface area contributed by atoms with E-state index in [4.69, 9.17) is 4.74 Å². The zero-order valence-corrected chi connectivity index (χ0v) is 18.4. The van der Waals surface area contributed by atoms with Crippen molar-refractivity contribution in [1.29, 1.82) is 0 Å². The molecule has 0 bridgehead atoms. The molecule has 0 unspecified atom stereocenters. The monoisotopic (exact) mass is 518 g/mol. The highest BCUT2D eigenvalue weighted by atomic mass is 79.9. The molecule has 1 aromatic heterocycles. The van der Waals surface area contributed by atoms with Crippen molar-refractivity contribution in [3.05, 3.63) is 55.2 Å². The maximum absolute atomic E-state index is 13.0. The Hall–Kier alpha value is -2.19. The Morgan fingerprint density at radius 2 is 2.00 bits per heavy atom. The van der Waals surface area contributed by atoms with Crippen molar-refractivity contribution < 1.29 is 32.8 Å². The van der Waals surface area contributed by atoms with E-state index < -0.39 is 62.6 Å². The Bertz CT molecular complexity index is 1100. The SMILES string of the molecule is O=C(COC(=O)[C@@H]1C[C@@H](O)CN1S(=O)(=O)c1ccccc1[N+](=O)[O-])c1ccc(Br)s1. The van der Waals surface area contributed by atoms with Crippen LogP contribution in [0.25, 0.3) is 0 Å². The van der Waals surface area contributed by atoms with Gasteiger partial charge in [-0.3, -0.25) is 19.7 Å². The Kier molecular flexibility index (Phi) is 6.67. The van der Waals surface area contributed by atoms with Gasteiger partial charge in [-0.2, -0.15) is 4.31 Å². The lowest BCUT2D eigenvalue weighted by molar-refractivity contribution is -0.387. The predicted molar refractivity (Wildman–Crippen MR) is 109 cm³/mol. The summed E-state index contributed by atoms with van der Waals surface area (Å²) in [5.74, 6) is -1.48. The number of hydrogen-bond donors (Lipinski definition) is 1. The summed E-state index contributed by atoms with van der Waals surface area (Å²) in [5, 5.41) is 21.2. The van der Waals surface area contributed by atoms with E-state index in [1.165, 1.54) is 12.1 Å². The first kappa shape index (κ1) is 22.5. The number of nitro benzene ring substituents is 1. The minimum Gasteiger partial charge on any atom is -0.456 e. The van der Waals surface area contributed by atoms with E-state index in [1.54, 1.807) is 12.1 Å². The van der Waals surface area contributed by atoms with Crippen LogP contribution in [0.15, 0.2) is 45.1 Å². The summed E-state index contributed by atoms with van der Waals surface area (Å²) in [4.78, 5) is 34.8. The number of β-amino-alcohol motifs (C(OH)–C–C–N with tert-alkyl or cyclic N) is 1. The molecule has 0 saturated carbocycles. The van der Waals surface area contributed by atoms with Gasteiger partial charge in [0.2, 0.25) is 5.78 Å². The highest BCUT2D eigenvalue weighted by Gasteiger charge is 2.46. The number of carbonyl (C=O) groups excluding carboxylic acids is 2. The van der Waals surface area contributed by atoms with Gasteiger partial charge in [-0.1, -0.05) is 12.1 Å². The van der Waals surface area contributed by atoms with Gasteiger partial charge in [0.1, 0.15) is 6.04 Å². The number of para-hydroxylation sites is 1. The molecular formula is C17H15BrN2O8S2. The summed E-state index contributed by atoms with van der Waals surface area (Å²) in [6.07, 6.45) is -1.42. The maximum Gasteiger partial charge on any atom is 0.325 e. The van der Waals surface area contributed by atoms with Crippen LogP contribution in [-0.2, 0) is 19.6 Å². The third-order valence-corrected chi connectivity index (χ3v) is 7.93. The lowest BCUT2D eigenvalue weighted by atomic mass is 10.2. The van der Waals surface area contributed by atoms with Crippen LogP contribution in [0.5, 0.6) is 0 Å². The van der Waals surface area contributed by atoms with Crippen molar-refractivity contribution in [2.45, 2.75) is 23.5 Å². The van der Waals surface area contributed by atoms with Crippen molar-refractivity contribution >= 4 is 54.7 Å². The largest absolute Gasteiger partial charge is 0.456 e. The Morgan fingerprint density at radius 1 is 1.30 bits per heavy atom. The number of carbonyl (C=O) groups is 2. The average molecular weight is 519 g/mol. The summed E-state index contributed by atoms with van der Waals surface area (Å²) in [6.45, 7) is -1.03. The molecule has 2 atom stereocenters. The zero-order chi connectivity index (χ0) is 22.1. The molecule has 2 aromatic rings. The highest BCUT2D eigenvalue weighted by Crippen LogP contribution is 2.32. The number of benzene rings is 1. The van der Waals surface area contributed by atoms with E-state index in [2.05, 4.69) is 15.9 Å². The number of nitrogens with zero attached hydrogens (tertiary/aromatic N) is 2. The number of aliphatic hydroxyl groups is 1. The minimum absolute atomic E-state index is 0.253. The smallest absolute Gasteiger partial charge is 0.325 e. The van der Waals surface area contributed by atoms with Gasteiger partial charge in [0.15, 0.2) is 11.5 Å². The van der Waals surface area contributed by atoms with Gasteiger partial charge in [-0.15, -0.1) is 11.3 Å². The van der Waals surface area contributed by atoms with Crippen LogP contribution in [0.3, 0.4) is 0 Å². The standard InChI is InChI=1S/C17H15BrN2O8S2/c18-16-6-5-14(29-16)13(22)9-28-17(23)12-7-10(21)8-19(12)30(26,27)15-4-2-1-3-11(15)20(24)25/h1-6,10,12,21H,7-9H2/t10-,12+/m1/s1. The molecule has 1 N–H and O–H groups in total. The fourth-order valence-electron chi connectivity index (χ4n) is 2.98. The number of Topliss-reactive ketones (excluding diaryl/α,β-unsaturated/α-hetero) is 1. The molecule has 3 rings (SSSR count). The van der Waals surface area contributed by atoms with E-state index in [0.29, 0.717) is 9.18 Å². The van der Waals surface area contributed by atoms with E-state index in [9.17, 15) is 33.2 Å². The normalized spacial score (nSPS) is 19.5. The number of sulfonamides is 1. The fourth-order valence-corrected chi connectivity index (χ4v) is 6.08. The van der Waals surface area contributed by atoms with Crippen LogP contribution < -0.4 is 0 Å². The van der Waals surface area contributed by atoms with Crippen molar-refractivity contribution in [2.75, 3.05) is 13.2 Å². The van der Waals surface area contributed by atoms with Gasteiger partial charge in [0, 0.05) is 19.0 Å². The Labute approximate surface area is 183 Å². The number of rotatable bonds is 7. The molecule has 30 heavy (non-hydrogen) atoms. The molecule has 1 aliphatic rings. The topological polar surface area (TPSA) is 144 Å². The number of aliphatic hydroxyl groups excluding tert-OH is 1. The number of hydrogen-bond acceptors (Lipinski definition) is 9. The van der Waals surface area contributed by atoms with Crippen LogP contribution in [0, 0.1) is 10.1 Å². The number of nitro groups is 1. The molecule has 2 heterocycles. The molecule has 0 amide bonds. The summed E-state index contributed by atoms with van der Waals surface area (Å²) in [6, 6.07) is 6.52. The minimum atomic E-state index is -4.49. The number of ketones is 1. The molecule has 1 aromatic carbocycles. The second-order valence-electron chi connectivity index (χ2n) is 6.34. The van der Waals surface area contributed by atoms with Gasteiger partial charge in [0.05, 0.1) is 19.7 Å². The average Bonchev–Trinajstić information content (AvgIpc) is 3.32. The zero-order valence-electron chi connectivity index (χ0n) is 15.1. The molecular weight excluding hydrogens is 504 g/mol. The van der Waals surface area contributed by atoms with E-state index in [-0.39, 0.29) is 6.42 Å². The number of thiophene rings is 1. The quantitative estimate of drug-likeness (QED) is 0.253. The second kappa shape index (κ2) is 8.89. The van der Waals surface area contributed by atoms with Crippen LogP contribution >= 0.6 is 27.3 Å². The second-order valence-corrected chi connectivity index (χ2v) is 10.7. The van der Waals surface area contributed by atoms with Crippen molar-refractivity contribution in [3.63, 3.8) is 0 Å². The molecule has 1 aliphatic heterocycles. The van der Waals surface area contributed by atoms with Crippen LogP contribution in [0.2, 0.25) is 0 Å². The van der Waals surface area contributed by atoms with E-state index in [1.807, 2.05) is 0 Å².